The third-order valence-corrected chi connectivity index (χ3v) is 4.71. The standard InChI is InChI=1S/C19H22N4O4S/c1-5-27-11-7-6-10(8-12(11)25-3)14-13(18(24)26-4)9(2)21-17-15(14)16(20)22-19(28)23-17/h6-8,14H,5H2,1-4H3,(H4,20,21,22,23,28). The minimum atomic E-state index is -0.521. The SMILES string of the molecule is CCOc1ccc(C2C(C(=O)OC)=C(C)Nc3nc(=S)[nH]c(N)c32)cc1OC. The number of methoxy groups -OCH3 is 2. The van der Waals surface area contributed by atoms with E-state index >= 15 is 0 Å². The molecule has 1 atom stereocenters. The largest absolute Gasteiger partial charge is 0.493 e. The zero-order chi connectivity index (χ0) is 20.4. The number of H-pyrrole nitrogens is 1. The van der Waals surface area contributed by atoms with Gasteiger partial charge in [0.15, 0.2) is 16.3 Å². The third kappa shape index (κ3) is 3.40. The number of rotatable bonds is 5. The zero-order valence-electron chi connectivity index (χ0n) is 16.1. The van der Waals surface area contributed by atoms with Gasteiger partial charge in [-0.1, -0.05) is 6.07 Å². The molecule has 0 fully saturated rings. The lowest BCUT2D eigenvalue weighted by molar-refractivity contribution is -0.136. The Morgan fingerprint density at radius 2 is 2.07 bits per heavy atom. The zero-order valence-corrected chi connectivity index (χ0v) is 16.9. The first kappa shape index (κ1) is 19.7. The van der Waals surface area contributed by atoms with Gasteiger partial charge < -0.3 is 30.2 Å². The maximum atomic E-state index is 12.6. The number of fused-ring (bicyclic) bond motifs is 1. The Bertz CT molecular complexity index is 1020. The molecule has 0 spiro atoms. The number of aromatic nitrogens is 2. The number of ether oxygens (including phenoxy) is 3. The van der Waals surface area contributed by atoms with Crippen LogP contribution in [0.1, 0.15) is 30.9 Å². The molecule has 1 aromatic carbocycles. The molecule has 0 aliphatic carbocycles. The molecule has 148 valence electrons. The van der Waals surface area contributed by atoms with E-state index in [-0.39, 0.29) is 4.77 Å². The Kier molecular flexibility index (Phi) is 5.55. The Hall–Kier alpha value is -3.07. The van der Waals surface area contributed by atoms with E-state index in [4.69, 9.17) is 32.2 Å². The highest BCUT2D eigenvalue weighted by Gasteiger charge is 2.36. The van der Waals surface area contributed by atoms with E-state index in [1.807, 2.05) is 19.1 Å². The second-order valence-electron chi connectivity index (χ2n) is 6.15. The molecule has 9 heteroatoms. The fraction of sp³-hybridized carbons (Fsp3) is 0.316. The molecule has 2 heterocycles. The number of nitrogens with one attached hydrogen (secondary N) is 2. The number of carbonyl (C=O) groups is 1. The average Bonchev–Trinajstić information content (AvgIpc) is 2.66. The first-order valence-electron chi connectivity index (χ1n) is 8.67. The number of hydrogen-bond acceptors (Lipinski definition) is 8. The van der Waals surface area contributed by atoms with E-state index in [0.29, 0.717) is 46.6 Å². The average molecular weight is 402 g/mol. The van der Waals surface area contributed by atoms with Crippen LogP contribution in [0.4, 0.5) is 11.6 Å². The molecule has 1 aliphatic heterocycles. The molecule has 0 amide bonds. The number of aromatic amines is 1. The lowest BCUT2D eigenvalue weighted by Gasteiger charge is -2.30. The number of nitrogen functional groups attached to an aromatic ring is 1. The highest BCUT2D eigenvalue weighted by atomic mass is 32.1. The number of esters is 1. The van der Waals surface area contributed by atoms with E-state index in [1.165, 1.54) is 7.11 Å². The molecule has 3 rings (SSSR count). The summed E-state index contributed by atoms with van der Waals surface area (Å²) in [5, 5.41) is 3.11. The molecule has 0 bridgehead atoms. The summed E-state index contributed by atoms with van der Waals surface area (Å²) in [7, 11) is 2.90. The van der Waals surface area contributed by atoms with Crippen LogP contribution in [0, 0.1) is 4.77 Å². The predicted molar refractivity (Wildman–Crippen MR) is 108 cm³/mol. The van der Waals surface area contributed by atoms with Crippen LogP contribution in [0.3, 0.4) is 0 Å². The van der Waals surface area contributed by atoms with E-state index < -0.39 is 11.9 Å². The summed E-state index contributed by atoms with van der Waals surface area (Å²) in [5.41, 5.74) is 8.68. The van der Waals surface area contributed by atoms with Crippen molar-refractivity contribution >= 4 is 29.8 Å². The van der Waals surface area contributed by atoms with E-state index in [0.717, 1.165) is 5.56 Å². The predicted octanol–water partition coefficient (Wildman–Crippen LogP) is 3.13. The van der Waals surface area contributed by atoms with Gasteiger partial charge in [-0.05, 0) is 43.8 Å². The topological polar surface area (TPSA) is 111 Å². The molecular weight excluding hydrogens is 380 g/mol. The third-order valence-electron chi connectivity index (χ3n) is 4.51. The first-order valence-corrected chi connectivity index (χ1v) is 9.08. The smallest absolute Gasteiger partial charge is 0.336 e. The summed E-state index contributed by atoms with van der Waals surface area (Å²) >= 11 is 5.14. The monoisotopic (exact) mass is 402 g/mol. The van der Waals surface area contributed by atoms with Gasteiger partial charge in [0, 0.05) is 11.3 Å². The summed E-state index contributed by atoms with van der Waals surface area (Å²) in [5.74, 6) is 1.01. The number of allylic oxidation sites excluding steroid dienone is 1. The van der Waals surface area contributed by atoms with Crippen molar-refractivity contribution in [3.63, 3.8) is 0 Å². The molecule has 0 radical (unpaired) electrons. The van der Waals surface area contributed by atoms with Crippen LogP contribution in [-0.2, 0) is 9.53 Å². The van der Waals surface area contributed by atoms with Crippen molar-refractivity contribution in [1.29, 1.82) is 0 Å². The summed E-state index contributed by atoms with van der Waals surface area (Å²) in [6, 6.07) is 5.49. The highest BCUT2D eigenvalue weighted by Crippen LogP contribution is 2.45. The van der Waals surface area contributed by atoms with Gasteiger partial charge in [0.2, 0.25) is 0 Å². The van der Waals surface area contributed by atoms with Gasteiger partial charge >= 0.3 is 5.97 Å². The second-order valence-corrected chi connectivity index (χ2v) is 6.54. The van der Waals surface area contributed by atoms with Crippen LogP contribution in [0.5, 0.6) is 11.5 Å². The fourth-order valence-electron chi connectivity index (χ4n) is 3.35. The minimum absolute atomic E-state index is 0.251. The molecule has 28 heavy (non-hydrogen) atoms. The van der Waals surface area contributed by atoms with Crippen LogP contribution < -0.4 is 20.5 Å². The number of benzene rings is 1. The number of anilines is 2. The Labute approximate surface area is 167 Å². The van der Waals surface area contributed by atoms with Crippen molar-refractivity contribution in [2.45, 2.75) is 19.8 Å². The first-order chi connectivity index (χ1) is 13.4. The molecule has 0 saturated carbocycles. The molecule has 1 aliphatic rings. The molecule has 4 N–H and O–H groups in total. The number of nitrogens with zero attached hydrogens (tertiary/aromatic N) is 1. The van der Waals surface area contributed by atoms with Gasteiger partial charge in [0.1, 0.15) is 11.6 Å². The minimum Gasteiger partial charge on any atom is -0.493 e. The van der Waals surface area contributed by atoms with Crippen LogP contribution in [0.25, 0.3) is 0 Å². The number of carbonyl (C=O) groups excluding carboxylic acids is 1. The van der Waals surface area contributed by atoms with Gasteiger partial charge in [0.05, 0.1) is 32.3 Å². The Morgan fingerprint density at radius 3 is 2.71 bits per heavy atom. The van der Waals surface area contributed by atoms with E-state index in [1.54, 1.807) is 20.1 Å². The van der Waals surface area contributed by atoms with Crippen LogP contribution in [0.2, 0.25) is 0 Å². The molecule has 1 aromatic heterocycles. The van der Waals surface area contributed by atoms with Crippen LogP contribution >= 0.6 is 12.2 Å². The van der Waals surface area contributed by atoms with Crippen molar-refractivity contribution in [1.82, 2.24) is 9.97 Å². The van der Waals surface area contributed by atoms with Crippen molar-refractivity contribution in [2.75, 3.05) is 31.9 Å². The van der Waals surface area contributed by atoms with Gasteiger partial charge in [-0.2, -0.15) is 0 Å². The molecule has 1 unspecified atom stereocenters. The van der Waals surface area contributed by atoms with Gasteiger partial charge in [0.25, 0.3) is 0 Å². The van der Waals surface area contributed by atoms with Gasteiger partial charge in [-0.3, -0.25) is 0 Å². The van der Waals surface area contributed by atoms with Crippen LogP contribution in [0.15, 0.2) is 29.5 Å². The molecule has 8 nitrogen and oxygen atoms in total. The van der Waals surface area contributed by atoms with Crippen molar-refractivity contribution in [3.05, 3.63) is 45.4 Å². The lowest BCUT2D eigenvalue weighted by Crippen LogP contribution is -2.26. The normalized spacial score (nSPS) is 15.5. The second kappa shape index (κ2) is 7.89. The van der Waals surface area contributed by atoms with E-state index in [2.05, 4.69) is 15.3 Å². The lowest BCUT2D eigenvalue weighted by atomic mass is 9.82. The molecule has 2 aromatic rings. The number of hydrogen-bond donors (Lipinski definition) is 3. The van der Waals surface area contributed by atoms with Crippen molar-refractivity contribution in [3.8, 4) is 11.5 Å². The van der Waals surface area contributed by atoms with Gasteiger partial charge in [-0.25, -0.2) is 9.78 Å². The van der Waals surface area contributed by atoms with Crippen molar-refractivity contribution < 1.29 is 19.0 Å². The van der Waals surface area contributed by atoms with E-state index in [9.17, 15) is 4.79 Å². The Morgan fingerprint density at radius 1 is 1.32 bits per heavy atom. The maximum Gasteiger partial charge on any atom is 0.336 e. The fourth-order valence-corrected chi connectivity index (χ4v) is 3.55. The van der Waals surface area contributed by atoms with Crippen LogP contribution in [-0.4, -0.2) is 36.8 Å². The van der Waals surface area contributed by atoms with Gasteiger partial charge in [-0.15, -0.1) is 0 Å². The highest BCUT2D eigenvalue weighted by molar-refractivity contribution is 7.71. The molecule has 0 saturated heterocycles. The quantitative estimate of drug-likeness (QED) is 0.517. The Balaban J connectivity index is 2.26. The summed E-state index contributed by atoms with van der Waals surface area (Å²) in [6.07, 6.45) is 0. The molecular formula is C19H22N4O4S. The summed E-state index contributed by atoms with van der Waals surface area (Å²) < 4.78 is 16.3. The summed E-state index contributed by atoms with van der Waals surface area (Å²) in [4.78, 5) is 19.8. The summed E-state index contributed by atoms with van der Waals surface area (Å²) in [6.45, 7) is 4.18. The van der Waals surface area contributed by atoms with Crippen molar-refractivity contribution in [2.24, 2.45) is 0 Å². The maximum absolute atomic E-state index is 12.6. The number of nitrogens with two attached hydrogens (primary N) is 1.